The molecule has 26 heavy (non-hydrogen) atoms. The van der Waals surface area contributed by atoms with Crippen LogP contribution < -0.4 is 9.80 Å². The van der Waals surface area contributed by atoms with Gasteiger partial charge < -0.3 is 19.5 Å². The molecule has 2 aliphatic rings. The van der Waals surface area contributed by atoms with Crippen LogP contribution in [0.5, 0.6) is 0 Å². The third kappa shape index (κ3) is 2.68. The van der Waals surface area contributed by atoms with Crippen LogP contribution in [-0.4, -0.2) is 48.0 Å². The summed E-state index contributed by atoms with van der Waals surface area (Å²) in [4.78, 5) is 7.79. The molecule has 3 aromatic rings. The average Bonchev–Trinajstić information content (AvgIpc) is 3.05. The van der Waals surface area contributed by atoms with Crippen molar-refractivity contribution in [1.82, 2.24) is 15.2 Å². The Hall–Kier alpha value is -2.67. The Bertz CT molecular complexity index is 933. The molecule has 0 bridgehead atoms. The van der Waals surface area contributed by atoms with E-state index < -0.39 is 0 Å². The van der Waals surface area contributed by atoms with E-state index in [-0.39, 0.29) is 5.82 Å². The highest BCUT2D eigenvalue weighted by Crippen LogP contribution is 2.30. The van der Waals surface area contributed by atoms with Gasteiger partial charge in [-0.15, -0.1) is 10.2 Å². The summed E-state index contributed by atoms with van der Waals surface area (Å²) in [5, 5.41) is 9.96. The fourth-order valence-corrected chi connectivity index (χ4v) is 3.84. The van der Waals surface area contributed by atoms with Crippen LogP contribution in [-0.2, 0) is 17.7 Å². The molecule has 0 radical (unpaired) electrons. The minimum absolute atomic E-state index is 0.211. The SMILES string of the molecule is Fc1ccc2c3c([nH]c2c1)CCN(c1ccc(N2CCOCC2)nn1)C3. The molecule has 0 atom stereocenters. The molecular formula is C19H20FN5O. The standard InChI is InChI=1S/C19H20FN5O/c20-13-1-2-14-15-12-25(6-5-16(15)21-17(14)11-13)19-4-3-18(22-23-19)24-7-9-26-10-8-24/h1-4,11,21H,5-10,12H2. The van der Waals surface area contributed by atoms with Gasteiger partial charge in [-0.3, -0.25) is 0 Å². The van der Waals surface area contributed by atoms with Gasteiger partial charge in [-0.2, -0.15) is 0 Å². The zero-order valence-electron chi connectivity index (χ0n) is 14.4. The number of hydrogen-bond acceptors (Lipinski definition) is 5. The number of aromatic amines is 1. The Balaban J connectivity index is 1.39. The van der Waals surface area contributed by atoms with Gasteiger partial charge in [0.2, 0.25) is 0 Å². The first-order valence-corrected chi connectivity index (χ1v) is 8.98. The molecular weight excluding hydrogens is 333 g/mol. The number of hydrogen-bond donors (Lipinski definition) is 1. The second kappa shape index (κ2) is 6.25. The van der Waals surface area contributed by atoms with Crippen LogP contribution in [0.3, 0.4) is 0 Å². The van der Waals surface area contributed by atoms with E-state index in [0.29, 0.717) is 0 Å². The van der Waals surface area contributed by atoms with Gasteiger partial charge in [0.1, 0.15) is 5.82 Å². The summed E-state index contributed by atoms with van der Waals surface area (Å²) in [5.74, 6) is 1.57. The molecule has 0 spiro atoms. The number of halogens is 1. The Morgan fingerprint density at radius 2 is 1.73 bits per heavy atom. The van der Waals surface area contributed by atoms with Gasteiger partial charge in [0.25, 0.3) is 0 Å². The zero-order valence-corrected chi connectivity index (χ0v) is 14.4. The Morgan fingerprint density at radius 1 is 0.962 bits per heavy atom. The second-order valence-electron chi connectivity index (χ2n) is 6.79. The highest BCUT2D eigenvalue weighted by atomic mass is 19.1. The zero-order chi connectivity index (χ0) is 17.5. The molecule has 5 rings (SSSR count). The topological polar surface area (TPSA) is 57.3 Å². The van der Waals surface area contributed by atoms with Crippen LogP contribution in [0.1, 0.15) is 11.3 Å². The van der Waals surface area contributed by atoms with Crippen molar-refractivity contribution in [2.24, 2.45) is 0 Å². The third-order valence-electron chi connectivity index (χ3n) is 5.23. The molecule has 1 aromatic carbocycles. The number of nitrogens with zero attached hydrogens (tertiary/aromatic N) is 4. The third-order valence-corrected chi connectivity index (χ3v) is 5.23. The molecule has 1 fully saturated rings. The second-order valence-corrected chi connectivity index (χ2v) is 6.79. The summed E-state index contributed by atoms with van der Waals surface area (Å²) in [6.45, 7) is 4.80. The molecule has 6 nitrogen and oxygen atoms in total. The van der Waals surface area contributed by atoms with Crippen LogP contribution in [0.4, 0.5) is 16.0 Å². The number of benzene rings is 1. The van der Waals surface area contributed by atoms with Gasteiger partial charge in [0, 0.05) is 54.8 Å². The normalized spacial score (nSPS) is 17.6. The summed E-state index contributed by atoms with van der Waals surface area (Å²) in [7, 11) is 0. The van der Waals surface area contributed by atoms with Crippen LogP contribution in [0.15, 0.2) is 30.3 Å². The van der Waals surface area contributed by atoms with E-state index >= 15 is 0 Å². The Labute approximate surface area is 150 Å². The van der Waals surface area contributed by atoms with Crippen molar-refractivity contribution in [2.75, 3.05) is 42.6 Å². The monoisotopic (exact) mass is 353 g/mol. The molecule has 0 saturated carbocycles. The molecule has 7 heteroatoms. The molecule has 2 aromatic heterocycles. The smallest absolute Gasteiger partial charge is 0.151 e. The minimum Gasteiger partial charge on any atom is -0.378 e. The summed E-state index contributed by atoms with van der Waals surface area (Å²) < 4.78 is 18.9. The molecule has 0 amide bonds. The Kier molecular flexibility index (Phi) is 3.74. The fourth-order valence-electron chi connectivity index (χ4n) is 3.84. The molecule has 4 heterocycles. The lowest BCUT2D eigenvalue weighted by atomic mass is 10.0. The predicted molar refractivity (Wildman–Crippen MR) is 98.1 cm³/mol. The van der Waals surface area contributed by atoms with Gasteiger partial charge in [0.05, 0.1) is 13.2 Å². The van der Waals surface area contributed by atoms with E-state index in [1.165, 1.54) is 17.3 Å². The number of anilines is 2. The predicted octanol–water partition coefficient (Wildman–Crippen LogP) is 2.50. The van der Waals surface area contributed by atoms with Gasteiger partial charge in [-0.1, -0.05) is 0 Å². The number of rotatable bonds is 2. The van der Waals surface area contributed by atoms with E-state index in [0.717, 1.165) is 68.4 Å². The quantitative estimate of drug-likeness (QED) is 0.767. The van der Waals surface area contributed by atoms with Crippen molar-refractivity contribution >= 4 is 22.5 Å². The molecule has 2 aliphatic heterocycles. The Morgan fingerprint density at radius 3 is 2.50 bits per heavy atom. The van der Waals surface area contributed by atoms with E-state index in [9.17, 15) is 4.39 Å². The van der Waals surface area contributed by atoms with Crippen molar-refractivity contribution in [1.29, 1.82) is 0 Å². The summed E-state index contributed by atoms with van der Waals surface area (Å²) in [5.41, 5.74) is 3.29. The first kappa shape index (κ1) is 15.6. The fraction of sp³-hybridized carbons (Fsp3) is 0.368. The largest absolute Gasteiger partial charge is 0.378 e. The van der Waals surface area contributed by atoms with E-state index in [1.807, 2.05) is 18.2 Å². The van der Waals surface area contributed by atoms with Crippen molar-refractivity contribution in [3.05, 3.63) is 47.4 Å². The number of aromatic nitrogens is 3. The lowest BCUT2D eigenvalue weighted by Crippen LogP contribution is -2.37. The molecule has 1 N–H and O–H groups in total. The maximum Gasteiger partial charge on any atom is 0.151 e. The van der Waals surface area contributed by atoms with Crippen molar-refractivity contribution < 1.29 is 9.13 Å². The van der Waals surface area contributed by atoms with Crippen molar-refractivity contribution in [3.63, 3.8) is 0 Å². The maximum atomic E-state index is 13.5. The number of H-pyrrole nitrogens is 1. The van der Waals surface area contributed by atoms with Gasteiger partial charge in [-0.05, 0) is 30.3 Å². The minimum atomic E-state index is -0.211. The van der Waals surface area contributed by atoms with Gasteiger partial charge in [0.15, 0.2) is 11.6 Å². The lowest BCUT2D eigenvalue weighted by molar-refractivity contribution is 0.122. The number of ether oxygens (including phenoxy) is 1. The van der Waals surface area contributed by atoms with E-state index in [2.05, 4.69) is 25.0 Å². The van der Waals surface area contributed by atoms with Crippen molar-refractivity contribution in [2.45, 2.75) is 13.0 Å². The molecule has 0 unspecified atom stereocenters. The lowest BCUT2D eigenvalue weighted by Gasteiger charge is -2.29. The number of morpholine rings is 1. The van der Waals surface area contributed by atoms with E-state index in [4.69, 9.17) is 4.74 Å². The maximum absolute atomic E-state index is 13.5. The molecule has 134 valence electrons. The van der Waals surface area contributed by atoms with Gasteiger partial charge >= 0.3 is 0 Å². The van der Waals surface area contributed by atoms with Gasteiger partial charge in [-0.25, -0.2) is 4.39 Å². The first-order chi connectivity index (χ1) is 12.8. The first-order valence-electron chi connectivity index (χ1n) is 8.98. The highest BCUT2D eigenvalue weighted by molar-refractivity contribution is 5.85. The van der Waals surface area contributed by atoms with Crippen LogP contribution >= 0.6 is 0 Å². The average molecular weight is 353 g/mol. The van der Waals surface area contributed by atoms with Crippen molar-refractivity contribution in [3.8, 4) is 0 Å². The molecule has 1 saturated heterocycles. The van der Waals surface area contributed by atoms with Crippen LogP contribution in [0.2, 0.25) is 0 Å². The summed E-state index contributed by atoms with van der Waals surface area (Å²) >= 11 is 0. The van der Waals surface area contributed by atoms with Crippen LogP contribution in [0, 0.1) is 5.82 Å². The number of nitrogens with one attached hydrogen (secondary N) is 1. The van der Waals surface area contributed by atoms with Crippen LogP contribution in [0.25, 0.3) is 10.9 Å². The number of fused-ring (bicyclic) bond motifs is 3. The molecule has 0 aliphatic carbocycles. The van der Waals surface area contributed by atoms with E-state index in [1.54, 1.807) is 6.07 Å². The summed E-state index contributed by atoms with van der Waals surface area (Å²) in [6.07, 6.45) is 0.887. The summed E-state index contributed by atoms with van der Waals surface area (Å²) in [6, 6.07) is 9.02. The highest BCUT2D eigenvalue weighted by Gasteiger charge is 2.22.